The van der Waals surface area contributed by atoms with E-state index < -0.39 is 17.8 Å². The molecular weight excluding hydrogens is 441 g/mol. The van der Waals surface area contributed by atoms with Gasteiger partial charge in [0, 0.05) is 29.1 Å². The van der Waals surface area contributed by atoms with Crippen molar-refractivity contribution in [2.24, 2.45) is 5.92 Å². The number of benzene rings is 2. The SMILES string of the molecule is O=C(Nc1cccc(Cl)c1)Nc1ccc(-c2ccnc(NCC3CC3)c2)c(C(F)(F)F)c1. The summed E-state index contributed by atoms with van der Waals surface area (Å²) in [5.74, 6) is 1.14. The average molecular weight is 461 g/mol. The average Bonchev–Trinajstić information content (AvgIpc) is 3.56. The van der Waals surface area contributed by atoms with E-state index in [1.54, 1.807) is 24.3 Å². The molecule has 166 valence electrons. The van der Waals surface area contributed by atoms with Crippen molar-refractivity contribution in [2.75, 3.05) is 22.5 Å². The summed E-state index contributed by atoms with van der Waals surface area (Å²) in [4.78, 5) is 16.4. The van der Waals surface area contributed by atoms with E-state index in [2.05, 4.69) is 20.9 Å². The molecule has 1 aromatic heterocycles. The first-order valence-electron chi connectivity index (χ1n) is 10.0. The second kappa shape index (κ2) is 9.08. The summed E-state index contributed by atoms with van der Waals surface area (Å²) in [6.07, 6.45) is -0.814. The van der Waals surface area contributed by atoms with E-state index in [1.807, 2.05) is 0 Å². The highest BCUT2D eigenvalue weighted by atomic mass is 35.5. The van der Waals surface area contributed by atoms with E-state index in [9.17, 15) is 18.0 Å². The van der Waals surface area contributed by atoms with Crippen LogP contribution in [0.3, 0.4) is 0 Å². The number of aromatic nitrogens is 1. The fourth-order valence-corrected chi connectivity index (χ4v) is 3.42. The van der Waals surface area contributed by atoms with Crippen LogP contribution in [0.2, 0.25) is 5.02 Å². The monoisotopic (exact) mass is 460 g/mol. The first-order valence-corrected chi connectivity index (χ1v) is 10.4. The third kappa shape index (κ3) is 5.70. The molecule has 2 aromatic carbocycles. The van der Waals surface area contributed by atoms with Gasteiger partial charge in [0.05, 0.1) is 5.56 Å². The second-order valence-electron chi connectivity index (χ2n) is 7.60. The third-order valence-electron chi connectivity index (χ3n) is 5.01. The van der Waals surface area contributed by atoms with Crippen molar-refractivity contribution in [3.8, 4) is 11.1 Å². The fourth-order valence-electron chi connectivity index (χ4n) is 3.23. The highest BCUT2D eigenvalue weighted by molar-refractivity contribution is 6.30. The second-order valence-corrected chi connectivity index (χ2v) is 8.04. The first kappa shape index (κ1) is 22.0. The predicted octanol–water partition coefficient (Wildman–Crippen LogP) is 6.89. The number of anilines is 3. The highest BCUT2D eigenvalue weighted by Crippen LogP contribution is 2.39. The van der Waals surface area contributed by atoms with Gasteiger partial charge in [-0.1, -0.05) is 23.7 Å². The zero-order chi connectivity index (χ0) is 22.7. The molecule has 1 aliphatic rings. The molecule has 4 rings (SSSR count). The number of carbonyl (C=O) groups is 1. The minimum absolute atomic E-state index is 0.00942. The lowest BCUT2D eigenvalue weighted by molar-refractivity contribution is -0.137. The van der Waals surface area contributed by atoms with Crippen LogP contribution < -0.4 is 16.0 Å². The van der Waals surface area contributed by atoms with Crippen molar-refractivity contribution in [3.05, 3.63) is 71.4 Å². The number of halogens is 4. The maximum absolute atomic E-state index is 13.8. The smallest absolute Gasteiger partial charge is 0.370 e. The van der Waals surface area contributed by atoms with Gasteiger partial charge in [0.25, 0.3) is 0 Å². The molecule has 1 aliphatic carbocycles. The van der Waals surface area contributed by atoms with Crippen LogP contribution in [-0.4, -0.2) is 17.6 Å². The quantitative estimate of drug-likeness (QED) is 0.375. The van der Waals surface area contributed by atoms with Gasteiger partial charge in [-0.05, 0) is 72.4 Å². The van der Waals surface area contributed by atoms with Crippen LogP contribution in [-0.2, 0) is 6.18 Å². The zero-order valence-electron chi connectivity index (χ0n) is 16.8. The van der Waals surface area contributed by atoms with Crippen LogP contribution in [0.1, 0.15) is 18.4 Å². The Morgan fingerprint density at radius 3 is 2.47 bits per heavy atom. The Bertz CT molecular complexity index is 1130. The number of nitrogens with one attached hydrogen (secondary N) is 3. The van der Waals surface area contributed by atoms with Crippen LogP contribution >= 0.6 is 11.6 Å². The Kier molecular flexibility index (Phi) is 6.23. The number of carbonyl (C=O) groups excluding carboxylic acids is 1. The topological polar surface area (TPSA) is 66.0 Å². The van der Waals surface area contributed by atoms with E-state index >= 15 is 0 Å². The Labute approximate surface area is 188 Å². The Balaban J connectivity index is 1.55. The van der Waals surface area contributed by atoms with Gasteiger partial charge >= 0.3 is 12.2 Å². The van der Waals surface area contributed by atoms with Crippen LogP contribution in [0, 0.1) is 5.92 Å². The normalized spacial score (nSPS) is 13.5. The molecule has 1 heterocycles. The lowest BCUT2D eigenvalue weighted by Gasteiger charge is -2.16. The lowest BCUT2D eigenvalue weighted by Crippen LogP contribution is -2.20. The number of amides is 2. The number of nitrogens with zero attached hydrogens (tertiary/aromatic N) is 1. The largest absolute Gasteiger partial charge is 0.417 e. The van der Waals surface area contributed by atoms with Gasteiger partial charge in [0.1, 0.15) is 5.82 Å². The maximum Gasteiger partial charge on any atom is 0.417 e. The molecule has 0 atom stereocenters. The molecule has 3 N–H and O–H groups in total. The van der Waals surface area contributed by atoms with Gasteiger partial charge in [-0.15, -0.1) is 0 Å². The van der Waals surface area contributed by atoms with Crippen molar-refractivity contribution < 1.29 is 18.0 Å². The van der Waals surface area contributed by atoms with E-state index in [-0.39, 0.29) is 11.3 Å². The van der Waals surface area contributed by atoms with Crippen molar-refractivity contribution in [1.29, 1.82) is 0 Å². The number of rotatable bonds is 6. The number of alkyl halides is 3. The number of urea groups is 1. The molecule has 9 heteroatoms. The van der Waals surface area contributed by atoms with Crippen molar-refractivity contribution in [3.63, 3.8) is 0 Å². The minimum Gasteiger partial charge on any atom is -0.370 e. The molecule has 0 radical (unpaired) electrons. The summed E-state index contributed by atoms with van der Waals surface area (Å²) in [6.45, 7) is 0.757. The summed E-state index contributed by atoms with van der Waals surface area (Å²) in [5.41, 5.74) is -0.0134. The first-order chi connectivity index (χ1) is 15.3. The van der Waals surface area contributed by atoms with Gasteiger partial charge in [0.15, 0.2) is 0 Å². The third-order valence-corrected chi connectivity index (χ3v) is 5.24. The van der Waals surface area contributed by atoms with Crippen LogP contribution in [0.5, 0.6) is 0 Å². The number of hydrogen-bond acceptors (Lipinski definition) is 3. The van der Waals surface area contributed by atoms with Gasteiger partial charge in [-0.3, -0.25) is 0 Å². The standard InChI is InChI=1S/C23H20ClF3N4O/c24-16-2-1-3-17(11-16)30-22(32)31-18-6-7-19(20(12-18)23(25,26)27)15-8-9-28-21(10-15)29-13-14-4-5-14/h1-3,6-12,14H,4-5,13H2,(H,28,29)(H2,30,31,32). The van der Waals surface area contributed by atoms with E-state index in [4.69, 9.17) is 11.6 Å². The molecule has 2 amide bonds. The van der Waals surface area contributed by atoms with Gasteiger partial charge in [-0.25, -0.2) is 9.78 Å². The van der Waals surface area contributed by atoms with Gasteiger partial charge in [-0.2, -0.15) is 13.2 Å². The molecule has 0 saturated heterocycles. The van der Waals surface area contributed by atoms with Gasteiger partial charge < -0.3 is 16.0 Å². The van der Waals surface area contributed by atoms with Crippen molar-refractivity contribution in [2.45, 2.75) is 19.0 Å². The summed E-state index contributed by atoms with van der Waals surface area (Å²) >= 11 is 5.88. The maximum atomic E-state index is 13.8. The van der Waals surface area contributed by atoms with Crippen LogP contribution in [0.25, 0.3) is 11.1 Å². The van der Waals surface area contributed by atoms with E-state index in [0.717, 1.165) is 25.5 Å². The summed E-state index contributed by atoms with van der Waals surface area (Å²) in [7, 11) is 0. The highest BCUT2D eigenvalue weighted by Gasteiger charge is 2.34. The number of hydrogen-bond donors (Lipinski definition) is 3. The molecule has 1 saturated carbocycles. The van der Waals surface area contributed by atoms with E-state index in [0.29, 0.717) is 28.0 Å². The molecule has 3 aromatic rings. The van der Waals surface area contributed by atoms with Gasteiger partial charge in [0.2, 0.25) is 0 Å². The molecule has 0 aliphatic heterocycles. The molecular formula is C23H20ClF3N4O. The van der Waals surface area contributed by atoms with Crippen molar-refractivity contribution in [1.82, 2.24) is 4.98 Å². The van der Waals surface area contributed by atoms with Crippen LogP contribution in [0.15, 0.2) is 60.8 Å². The zero-order valence-corrected chi connectivity index (χ0v) is 17.6. The molecule has 5 nitrogen and oxygen atoms in total. The van der Waals surface area contributed by atoms with Crippen molar-refractivity contribution >= 4 is 34.8 Å². The summed E-state index contributed by atoms with van der Waals surface area (Å²) < 4.78 is 41.5. The minimum atomic E-state index is -4.61. The Hall–Kier alpha value is -3.26. The van der Waals surface area contributed by atoms with Crippen LogP contribution in [0.4, 0.5) is 35.2 Å². The predicted molar refractivity (Wildman–Crippen MR) is 120 cm³/mol. The number of pyridine rings is 1. The fraction of sp³-hybridized carbons (Fsp3) is 0.217. The summed E-state index contributed by atoms with van der Waals surface area (Å²) in [6, 6.07) is 12.6. The molecule has 0 unspecified atom stereocenters. The van der Waals surface area contributed by atoms with E-state index in [1.165, 1.54) is 30.5 Å². The molecule has 0 spiro atoms. The molecule has 0 bridgehead atoms. The molecule has 32 heavy (non-hydrogen) atoms. The Morgan fingerprint density at radius 2 is 1.78 bits per heavy atom. The molecule has 1 fully saturated rings. The lowest BCUT2D eigenvalue weighted by atomic mass is 9.99. The summed E-state index contributed by atoms with van der Waals surface area (Å²) in [5, 5.41) is 8.57. The Morgan fingerprint density at radius 1 is 1.03 bits per heavy atom.